The van der Waals surface area contributed by atoms with Crippen molar-refractivity contribution >= 4 is 16.9 Å². The molecular formula is C45H58O6. The highest BCUT2D eigenvalue weighted by molar-refractivity contribution is 5.86. The number of rotatable bonds is 10. The van der Waals surface area contributed by atoms with Crippen molar-refractivity contribution in [3.05, 3.63) is 70.4 Å². The van der Waals surface area contributed by atoms with Crippen LogP contribution in [0.4, 0.5) is 0 Å². The molecule has 6 heteroatoms. The van der Waals surface area contributed by atoms with E-state index < -0.39 is 5.97 Å². The van der Waals surface area contributed by atoms with Crippen LogP contribution < -0.4 is 10.2 Å². The molecule has 6 nitrogen and oxygen atoms in total. The van der Waals surface area contributed by atoms with E-state index in [0.29, 0.717) is 11.2 Å². The molecule has 0 radical (unpaired) electrons. The van der Waals surface area contributed by atoms with E-state index in [-0.39, 0.29) is 46.0 Å². The summed E-state index contributed by atoms with van der Waals surface area (Å²) in [6.07, 6.45) is 17.3. The van der Waals surface area contributed by atoms with Gasteiger partial charge in [0.15, 0.2) is 12.0 Å². The van der Waals surface area contributed by atoms with Crippen LogP contribution in [0.1, 0.15) is 112 Å². The molecule has 4 aliphatic rings. The number of benzene rings is 2. The van der Waals surface area contributed by atoms with Crippen molar-refractivity contribution in [3.8, 4) is 22.8 Å². The van der Waals surface area contributed by atoms with Crippen LogP contribution in [0.3, 0.4) is 0 Å². The van der Waals surface area contributed by atoms with Crippen LogP contribution in [0.2, 0.25) is 0 Å². The predicted octanol–water partition coefficient (Wildman–Crippen LogP) is 10.9. The Morgan fingerprint density at radius 1 is 0.980 bits per heavy atom. The van der Waals surface area contributed by atoms with Gasteiger partial charge in [-0.25, -0.2) is 4.79 Å². The Bertz CT molecular complexity index is 1810. The van der Waals surface area contributed by atoms with Gasteiger partial charge in [0.05, 0.1) is 0 Å². The number of carbonyl (C=O) groups excluding carboxylic acids is 1. The van der Waals surface area contributed by atoms with Crippen LogP contribution in [0.25, 0.3) is 22.3 Å². The smallest absolute Gasteiger partial charge is 0.344 e. The Labute approximate surface area is 304 Å². The van der Waals surface area contributed by atoms with Crippen molar-refractivity contribution in [3.63, 3.8) is 0 Å². The predicted molar refractivity (Wildman–Crippen MR) is 203 cm³/mol. The van der Waals surface area contributed by atoms with Crippen LogP contribution in [-0.4, -0.2) is 23.8 Å². The molecule has 0 aliphatic heterocycles. The summed E-state index contributed by atoms with van der Waals surface area (Å²) in [6.45, 7) is 12.1. The van der Waals surface area contributed by atoms with Gasteiger partial charge >= 0.3 is 5.97 Å². The molecule has 51 heavy (non-hydrogen) atoms. The molecule has 1 aromatic heterocycles. The minimum atomic E-state index is -0.430. The maximum absolute atomic E-state index is 13.0. The SMILES string of the molecule is CC(C)CCC[C@@H](C)[C@@H]1CC[C@H]2[C@H]3CC=C4C[C@@H](OC(=O)COc5cc(O)c6c(=O)cc(-c7ccccc7)oc6c5)CC[C@]4(C)[C@@H]3CC[C@]2(C)C1. The first-order valence-corrected chi connectivity index (χ1v) is 19.8. The number of fused-ring (bicyclic) bond motifs is 6. The van der Waals surface area contributed by atoms with E-state index in [2.05, 4.69) is 40.7 Å². The van der Waals surface area contributed by atoms with E-state index in [4.69, 9.17) is 13.9 Å². The van der Waals surface area contributed by atoms with Gasteiger partial charge in [0, 0.05) is 30.2 Å². The van der Waals surface area contributed by atoms with Gasteiger partial charge < -0.3 is 19.0 Å². The van der Waals surface area contributed by atoms with Gasteiger partial charge in [0.25, 0.3) is 0 Å². The maximum atomic E-state index is 13.0. The fourth-order valence-electron chi connectivity index (χ4n) is 11.0. The second-order valence-corrected chi connectivity index (χ2v) is 17.6. The third kappa shape index (κ3) is 7.26. The largest absolute Gasteiger partial charge is 0.507 e. The van der Waals surface area contributed by atoms with Gasteiger partial charge in [0.1, 0.15) is 34.3 Å². The first-order chi connectivity index (χ1) is 24.4. The summed E-state index contributed by atoms with van der Waals surface area (Å²) in [6, 6.07) is 13.6. The molecule has 274 valence electrons. The van der Waals surface area contributed by atoms with Gasteiger partial charge in [-0.05, 0) is 97.7 Å². The number of aromatic hydroxyl groups is 1. The second-order valence-electron chi connectivity index (χ2n) is 17.6. The molecule has 3 fully saturated rings. The van der Waals surface area contributed by atoms with E-state index in [1.54, 1.807) is 6.07 Å². The van der Waals surface area contributed by atoms with Crippen molar-refractivity contribution < 1.29 is 23.8 Å². The van der Waals surface area contributed by atoms with Crippen molar-refractivity contribution in [2.45, 2.75) is 118 Å². The fraction of sp³-hybridized carbons (Fsp3) is 0.600. The minimum absolute atomic E-state index is 0.0789. The zero-order valence-corrected chi connectivity index (χ0v) is 31.4. The second kappa shape index (κ2) is 14.5. The third-order valence-corrected chi connectivity index (χ3v) is 13.9. The van der Waals surface area contributed by atoms with E-state index >= 15 is 0 Å². The Morgan fingerprint density at radius 3 is 2.57 bits per heavy atom. The summed E-state index contributed by atoms with van der Waals surface area (Å²) >= 11 is 0. The number of esters is 1. The van der Waals surface area contributed by atoms with Gasteiger partial charge in [-0.2, -0.15) is 0 Å². The van der Waals surface area contributed by atoms with Gasteiger partial charge in [-0.1, -0.05) is 95.9 Å². The average Bonchev–Trinajstić information content (AvgIpc) is 3.10. The average molecular weight is 695 g/mol. The number of ether oxygens (including phenoxy) is 2. The summed E-state index contributed by atoms with van der Waals surface area (Å²) in [5.41, 5.74) is 2.76. The molecule has 7 rings (SSSR count). The summed E-state index contributed by atoms with van der Waals surface area (Å²) in [7, 11) is 0. The van der Waals surface area contributed by atoms with Crippen LogP contribution in [-0.2, 0) is 9.53 Å². The molecular weight excluding hydrogens is 636 g/mol. The molecule has 2 aromatic carbocycles. The molecule has 1 N–H and O–H groups in total. The Hall–Kier alpha value is -3.54. The number of carbonyl (C=O) groups is 1. The highest BCUT2D eigenvalue weighted by atomic mass is 16.6. The standard InChI is InChI=1S/C45H58O6/c1-28(2)10-9-11-29(3)31-14-17-36-35-16-15-32-22-33(18-21-45(32,5)37(35)19-20-44(36,4)26-31)50-42(48)27-49-34-23-38(46)43-39(47)25-40(51-41(43)24-34)30-12-7-6-8-13-30/h6-8,12-13,15,23-25,28-29,31,33,35-37,46H,9-11,14,16-22,26-27H2,1-5H3/t29-,31-,33+,35-,36+,37-,44-,45+/m1/s1. The molecule has 0 unspecified atom stereocenters. The van der Waals surface area contributed by atoms with E-state index in [1.165, 1.54) is 75.5 Å². The van der Waals surface area contributed by atoms with E-state index in [0.717, 1.165) is 60.3 Å². The monoisotopic (exact) mass is 694 g/mol. The number of hydrogen-bond acceptors (Lipinski definition) is 6. The van der Waals surface area contributed by atoms with Crippen LogP contribution >= 0.6 is 0 Å². The fourth-order valence-corrected chi connectivity index (χ4v) is 11.0. The number of allylic oxidation sites excluding steroid dienone is 1. The summed E-state index contributed by atoms with van der Waals surface area (Å²) < 4.78 is 17.8. The van der Waals surface area contributed by atoms with Crippen LogP contribution in [0.15, 0.2) is 69.4 Å². The number of hydrogen-bond donors (Lipinski definition) is 1. The molecule has 0 bridgehead atoms. The van der Waals surface area contributed by atoms with Crippen LogP contribution in [0.5, 0.6) is 11.5 Å². The van der Waals surface area contributed by atoms with Crippen molar-refractivity contribution in [1.82, 2.24) is 0 Å². The molecule has 3 aromatic rings. The van der Waals surface area contributed by atoms with Crippen LogP contribution in [0, 0.1) is 46.3 Å². The third-order valence-electron chi connectivity index (χ3n) is 13.9. The molecule has 0 spiro atoms. The Morgan fingerprint density at radius 2 is 1.78 bits per heavy atom. The first kappa shape index (κ1) is 35.8. The van der Waals surface area contributed by atoms with Crippen molar-refractivity contribution in [1.29, 1.82) is 0 Å². The molecule has 0 amide bonds. The maximum Gasteiger partial charge on any atom is 0.344 e. The summed E-state index contributed by atoms with van der Waals surface area (Å²) in [5.74, 6) is 4.80. The van der Waals surface area contributed by atoms with Gasteiger partial charge in [0.2, 0.25) is 0 Å². The van der Waals surface area contributed by atoms with Crippen molar-refractivity contribution in [2.24, 2.45) is 46.3 Å². The lowest BCUT2D eigenvalue weighted by atomic mass is 9.44. The molecule has 0 saturated heterocycles. The molecule has 8 atom stereocenters. The molecule has 4 aliphatic carbocycles. The van der Waals surface area contributed by atoms with E-state index in [9.17, 15) is 14.7 Å². The lowest BCUT2D eigenvalue weighted by molar-refractivity contribution is -0.154. The Balaban J connectivity index is 0.956. The van der Waals surface area contributed by atoms with E-state index in [1.807, 2.05) is 30.3 Å². The topological polar surface area (TPSA) is 86.0 Å². The van der Waals surface area contributed by atoms with Gasteiger partial charge in [-0.3, -0.25) is 4.79 Å². The highest BCUT2D eigenvalue weighted by Gasteiger charge is 2.56. The van der Waals surface area contributed by atoms with Gasteiger partial charge in [-0.15, -0.1) is 0 Å². The summed E-state index contributed by atoms with van der Waals surface area (Å²) in [5, 5.41) is 10.7. The first-order valence-electron chi connectivity index (χ1n) is 19.8. The normalized spacial score (nSPS) is 30.9. The quantitative estimate of drug-likeness (QED) is 0.168. The lowest BCUT2D eigenvalue weighted by Gasteiger charge is -2.61. The zero-order valence-electron chi connectivity index (χ0n) is 31.4. The Kier molecular flexibility index (Phi) is 10.2. The number of phenols is 1. The summed E-state index contributed by atoms with van der Waals surface area (Å²) in [4.78, 5) is 25.9. The molecule has 3 saturated carbocycles. The lowest BCUT2D eigenvalue weighted by Crippen LogP contribution is -2.52. The molecule has 1 heterocycles. The zero-order chi connectivity index (χ0) is 35.9. The van der Waals surface area contributed by atoms with Crippen molar-refractivity contribution in [2.75, 3.05) is 6.61 Å². The minimum Gasteiger partial charge on any atom is -0.507 e. The number of phenolic OH excluding ortho intramolecular Hbond substituents is 1. The highest BCUT2D eigenvalue weighted by Crippen LogP contribution is 2.65.